The number of carboxylic acid groups (broad SMARTS) is 1. The van der Waals surface area contributed by atoms with Gasteiger partial charge in [0, 0.05) is 24.0 Å². The highest BCUT2D eigenvalue weighted by Gasteiger charge is 2.38. The summed E-state index contributed by atoms with van der Waals surface area (Å²) in [4.78, 5) is 13.3. The van der Waals surface area contributed by atoms with E-state index in [-0.39, 0.29) is 6.10 Å². The molecule has 30 heavy (non-hydrogen) atoms. The number of aromatic nitrogens is 4. The summed E-state index contributed by atoms with van der Waals surface area (Å²) in [6, 6.07) is 1.88. The van der Waals surface area contributed by atoms with E-state index >= 15 is 0 Å². The standard InChI is InChI=1S/C15H17N5O2S.C2HF3O2/c1-10-17-12(9-23-10)4-16-5-13-6-20-14(8-22-13)15(18-19-20)11-2-3-21-7-11;3-2(4,5)1(6)7/h2-3,7,9,13,16H,4-6,8H2,1H3;(H,6,7). The minimum atomic E-state index is -5.08. The van der Waals surface area contributed by atoms with Crippen molar-refractivity contribution >= 4 is 17.3 Å². The number of aryl methyl sites for hydroxylation is 1. The zero-order valence-corrected chi connectivity index (χ0v) is 16.5. The van der Waals surface area contributed by atoms with Crippen molar-refractivity contribution in [1.82, 2.24) is 25.3 Å². The first-order valence-corrected chi connectivity index (χ1v) is 9.60. The Morgan fingerprint density at radius 3 is 2.83 bits per heavy atom. The summed E-state index contributed by atoms with van der Waals surface area (Å²) in [6.45, 7) is 4.74. The van der Waals surface area contributed by atoms with Gasteiger partial charge in [0.25, 0.3) is 0 Å². The number of furan rings is 1. The average molecular weight is 445 g/mol. The molecule has 2 N–H and O–H groups in total. The lowest BCUT2D eigenvalue weighted by molar-refractivity contribution is -0.192. The van der Waals surface area contributed by atoms with E-state index in [2.05, 4.69) is 26.0 Å². The molecule has 1 aliphatic rings. The molecule has 0 aliphatic carbocycles. The van der Waals surface area contributed by atoms with Crippen LogP contribution in [-0.4, -0.2) is 49.9 Å². The number of halogens is 3. The summed E-state index contributed by atoms with van der Waals surface area (Å²) in [5.41, 5.74) is 3.85. The lowest BCUT2D eigenvalue weighted by atomic mass is 10.2. The molecule has 0 saturated carbocycles. The Bertz CT molecular complexity index is 971. The molecular weight excluding hydrogens is 427 g/mol. The van der Waals surface area contributed by atoms with Gasteiger partial charge < -0.3 is 19.6 Å². The Labute approximate surface area is 172 Å². The molecule has 0 aromatic carbocycles. The molecule has 0 saturated heterocycles. The van der Waals surface area contributed by atoms with Gasteiger partial charge in [-0.15, -0.1) is 16.4 Å². The number of hydrogen-bond donors (Lipinski definition) is 2. The van der Waals surface area contributed by atoms with Gasteiger partial charge in [0.15, 0.2) is 0 Å². The number of aliphatic carboxylic acids is 1. The van der Waals surface area contributed by atoms with E-state index in [9.17, 15) is 13.2 Å². The number of rotatable bonds is 5. The third kappa shape index (κ3) is 5.64. The zero-order chi connectivity index (χ0) is 21.7. The molecule has 0 bridgehead atoms. The second kappa shape index (κ2) is 9.36. The van der Waals surface area contributed by atoms with Crippen LogP contribution < -0.4 is 5.32 Å². The monoisotopic (exact) mass is 445 g/mol. The van der Waals surface area contributed by atoms with E-state index in [1.807, 2.05) is 17.7 Å². The number of carbonyl (C=O) groups is 1. The predicted molar refractivity (Wildman–Crippen MR) is 98.5 cm³/mol. The van der Waals surface area contributed by atoms with Gasteiger partial charge in [-0.3, -0.25) is 0 Å². The second-order valence-electron chi connectivity index (χ2n) is 6.30. The molecule has 1 atom stereocenters. The molecule has 162 valence electrons. The number of ether oxygens (including phenoxy) is 1. The number of hydrogen-bond acceptors (Lipinski definition) is 8. The molecule has 0 fully saturated rings. The van der Waals surface area contributed by atoms with Crippen molar-refractivity contribution in [1.29, 1.82) is 0 Å². The Balaban J connectivity index is 0.000000318. The molecule has 4 rings (SSSR count). The van der Waals surface area contributed by atoms with Crippen LogP contribution >= 0.6 is 11.3 Å². The van der Waals surface area contributed by atoms with E-state index in [1.54, 1.807) is 23.9 Å². The molecule has 1 unspecified atom stereocenters. The van der Waals surface area contributed by atoms with E-state index in [0.29, 0.717) is 13.2 Å². The van der Waals surface area contributed by atoms with Crippen LogP contribution in [0.1, 0.15) is 16.4 Å². The fraction of sp³-hybridized carbons (Fsp3) is 0.412. The maximum Gasteiger partial charge on any atom is 0.490 e. The van der Waals surface area contributed by atoms with Crippen molar-refractivity contribution in [3.05, 3.63) is 40.4 Å². The number of alkyl halides is 3. The zero-order valence-electron chi connectivity index (χ0n) is 15.7. The predicted octanol–water partition coefficient (Wildman–Crippen LogP) is 2.62. The first-order chi connectivity index (χ1) is 14.2. The van der Waals surface area contributed by atoms with Crippen LogP contribution in [0.4, 0.5) is 13.2 Å². The molecule has 3 aromatic heterocycles. The molecule has 3 aromatic rings. The van der Waals surface area contributed by atoms with Gasteiger partial charge in [-0.2, -0.15) is 13.2 Å². The summed E-state index contributed by atoms with van der Waals surface area (Å²) < 4.78 is 44.7. The third-order valence-corrected chi connectivity index (χ3v) is 4.87. The number of nitrogens with zero attached hydrogens (tertiary/aromatic N) is 4. The average Bonchev–Trinajstić information content (AvgIpc) is 3.41. The topological polar surface area (TPSA) is 115 Å². The van der Waals surface area contributed by atoms with Crippen LogP contribution in [0.3, 0.4) is 0 Å². The summed E-state index contributed by atoms with van der Waals surface area (Å²) in [5, 5.41) is 22.2. The lowest BCUT2D eigenvalue weighted by Crippen LogP contribution is -2.36. The molecular formula is C17H18F3N5O4S. The van der Waals surface area contributed by atoms with Crippen LogP contribution in [-0.2, 0) is 29.2 Å². The van der Waals surface area contributed by atoms with E-state index in [0.717, 1.165) is 40.7 Å². The minimum absolute atomic E-state index is 0.0844. The molecule has 0 radical (unpaired) electrons. The molecule has 13 heteroatoms. The lowest BCUT2D eigenvalue weighted by Gasteiger charge is -2.24. The highest BCUT2D eigenvalue weighted by molar-refractivity contribution is 7.09. The minimum Gasteiger partial charge on any atom is -0.475 e. The first-order valence-electron chi connectivity index (χ1n) is 8.72. The van der Waals surface area contributed by atoms with Crippen LogP contribution in [0.25, 0.3) is 11.3 Å². The first kappa shape index (κ1) is 21.9. The summed E-state index contributed by atoms with van der Waals surface area (Å²) >= 11 is 1.67. The molecule has 1 aliphatic heterocycles. The van der Waals surface area contributed by atoms with Gasteiger partial charge >= 0.3 is 12.1 Å². The fourth-order valence-electron chi connectivity index (χ4n) is 2.66. The molecule has 0 amide bonds. The van der Waals surface area contributed by atoms with Gasteiger partial charge in [-0.05, 0) is 13.0 Å². The van der Waals surface area contributed by atoms with Crippen molar-refractivity contribution in [2.45, 2.75) is 38.9 Å². The van der Waals surface area contributed by atoms with Crippen molar-refractivity contribution in [3.63, 3.8) is 0 Å². The van der Waals surface area contributed by atoms with Crippen LogP contribution in [0.5, 0.6) is 0 Å². The molecule has 9 nitrogen and oxygen atoms in total. The van der Waals surface area contributed by atoms with Gasteiger partial charge in [-0.1, -0.05) is 5.21 Å². The summed E-state index contributed by atoms with van der Waals surface area (Å²) in [5.74, 6) is -2.76. The summed E-state index contributed by atoms with van der Waals surface area (Å²) in [6.07, 6.45) is -1.69. The maximum absolute atomic E-state index is 10.6. The van der Waals surface area contributed by atoms with E-state index < -0.39 is 12.1 Å². The maximum atomic E-state index is 10.6. The SMILES string of the molecule is Cc1nc(CNCC2Cn3nnc(-c4ccoc4)c3CO2)cs1.O=C(O)C(F)(F)F. The Hall–Kier alpha value is -2.77. The van der Waals surface area contributed by atoms with Crippen LogP contribution in [0, 0.1) is 6.92 Å². The number of thiazole rings is 1. The van der Waals surface area contributed by atoms with Gasteiger partial charge in [-0.25, -0.2) is 14.5 Å². The normalized spacial score (nSPS) is 15.9. The third-order valence-electron chi connectivity index (χ3n) is 4.05. The Morgan fingerprint density at radius 1 is 1.47 bits per heavy atom. The largest absolute Gasteiger partial charge is 0.490 e. The van der Waals surface area contributed by atoms with Crippen molar-refractivity contribution in [3.8, 4) is 11.3 Å². The van der Waals surface area contributed by atoms with E-state index in [1.165, 1.54) is 0 Å². The van der Waals surface area contributed by atoms with Crippen molar-refractivity contribution in [2.75, 3.05) is 6.54 Å². The number of fused-ring (bicyclic) bond motifs is 1. The Kier molecular flexibility index (Phi) is 6.84. The second-order valence-corrected chi connectivity index (χ2v) is 7.37. The van der Waals surface area contributed by atoms with Gasteiger partial charge in [0.1, 0.15) is 5.69 Å². The van der Waals surface area contributed by atoms with Gasteiger partial charge in [0.05, 0.1) is 48.2 Å². The highest BCUT2D eigenvalue weighted by atomic mass is 32.1. The summed E-state index contributed by atoms with van der Waals surface area (Å²) in [7, 11) is 0. The Morgan fingerprint density at radius 2 is 2.23 bits per heavy atom. The van der Waals surface area contributed by atoms with Crippen molar-refractivity contribution in [2.24, 2.45) is 0 Å². The van der Waals surface area contributed by atoms with Crippen molar-refractivity contribution < 1.29 is 32.2 Å². The fourth-order valence-corrected chi connectivity index (χ4v) is 3.27. The molecule has 4 heterocycles. The van der Waals surface area contributed by atoms with Crippen LogP contribution in [0.2, 0.25) is 0 Å². The highest BCUT2D eigenvalue weighted by Crippen LogP contribution is 2.25. The quantitative estimate of drug-likeness (QED) is 0.616. The number of carboxylic acids is 1. The van der Waals surface area contributed by atoms with Crippen LogP contribution in [0.15, 0.2) is 28.4 Å². The number of nitrogens with one attached hydrogen (secondary N) is 1. The molecule has 0 spiro atoms. The smallest absolute Gasteiger partial charge is 0.475 e. The van der Waals surface area contributed by atoms with Gasteiger partial charge in [0.2, 0.25) is 0 Å². The van der Waals surface area contributed by atoms with E-state index in [4.69, 9.17) is 19.1 Å².